The Hall–Kier alpha value is -4.08. The van der Waals surface area contributed by atoms with Crippen molar-refractivity contribution in [1.82, 2.24) is 9.47 Å². The van der Waals surface area contributed by atoms with Crippen LogP contribution < -0.4 is 0 Å². The predicted octanol–water partition coefficient (Wildman–Crippen LogP) is 2.61. The van der Waals surface area contributed by atoms with Crippen LogP contribution in [0, 0.1) is 24.0 Å². The number of imide groups is 1. The lowest BCUT2D eigenvalue weighted by atomic mass is 10.1. The molecule has 1 aliphatic rings. The Balaban J connectivity index is 1.60. The number of ether oxygens (including phenoxy) is 1. The molecule has 0 radical (unpaired) electrons. The van der Waals surface area contributed by atoms with Gasteiger partial charge >= 0.3 is 5.97 Å². The number of carbonyl (C=O) groups excluding carboxylic acids is 4. The van der Waals surface area contributed by atoms with Gasteiger partial charge in [-0.1, -0.05) is 12.1 Å². The first-order valence-corrected chi connectivity index (χ1v) is 9.77. The first-order valence-electron chi connectivity index (χ1n) is 9.77. The van der Waals surface area contributed by atoms with Crippen molar-refractivity contribution in [1.29, 1.82) is 0 Å². The van der Waals surface area contributed by atoms with Crippen molar-refractivity contribution < 1.29 is 28.8 Å². The Morgan fingerprint density at radius 3 is 2.59 bits per heavy atom. The average Bonchev–Trinajstić information content (AvgIpc) is 3.18. The van der Waals surface area contributed by atoms with E-state index in [4.69, 9.17) is 4.74 Å². The molecule has 0 spiro atoms. The van der Waals surface area contributed by atoms with E-state index in [1.165, 1.54) is 12.1 Å². The van der Waals surface area contributed by atoms with Gasteiger partial charge in [0.15, 0.2) is 6.61 Å². The number of aryl methyl sites for hydroxylation is 1. The molecule has 1 aromatic carbocycles. The Labute approximate surface area is 183 Å². The zero-order valence-corrected chi connectivity index (χ0v) is 17.6. The van der Waals surface area contributed by atoms with Crippen LogP contribution in [0.3, 0.4) is 0 Å². The van der Waals surface area contributed by atoms with E-state index in [0.717, 1.165) is 22.4 Å². The Kier molecular flexibility index (Phi) is 6.33. The molecule has 0 atom stereocenters. The van der Waals surface area contributed by atoms with Crippen LogP contribution in [-0.2, 0) is 16.1 Å². The standard InChI is InChI=1S/C22H21N3O7/c1-4-9-23-13(2)11-16(14(23)3)18(26)12-32-19(27)8-10-24-21(28)15-6-5-7-17(25(30)31)20(15)22(24)29/h4-7,11H,1,8-10,12H2,2-3H3. The summed E-state index contributed by atoms with van der Waals surface area (Å²) in [6.45, 7) is 7.07. The van der Waals surface area contributed by atoms with E-state index < -0.39 is 35.0 Å². The number of benzene rings is 1. The lowest BCUT2D eigenvalue weighted by molar-refractivity contribution is -0.385. The maximum atomic E-state index is 12.5. The molecule has 10 nitrogen and oxygen atoms in total. The summed E-state index contributed by atoms with van der Waals surface area (Å²) in [4.78, 5) is 60.7. The molecule has 2 heterocycles. The summed E-state index contributed by atoms with van der Waals surface area (Å²) in [5, 5.41) is 11.1. The van der Waals surface area contributed by atoms with Gasteiger partial charge in [-0.15, -0.1) is 6.58 Å². The number of allylic oxidation sites excluding steroid dienone is 1. The molecule has 0 N–H and O–H groups in total. The molecule has 0 fully saturated rings. The molecule has 0 aliphatic carbocycles. The minimum Gasteiger partial charge on any atom is -0.457 e. The van der Waals surface area contributed by atoms with E-state index >= 15 is 0 Å². The Morgan fingerprint density at radius 1 is 1.22 bits per heavy atom. The minimum absolute atomic E-state index is 0.0809. The summed E-state index contributed by atoms with van der Waals surface area (Å²) in [5.41, 5.74) is 1.20. The molecule has 166 valence electrons. The third-order valence-corrected chi connectivity index (χ3v) is 5.26. The topological polar surface area (TPSA) is 129 Å². The highest BCUT2D eigenvalue weighted by atomic mass is 16.6. The Bertz CT molecular complexity index is 1160. The SMILES string of the molecule is C=CCn1c(C)cc(C(=O)COC(=O)CCN2C(=O)c3cccc([N+](=O)[O-])c3C2=O)c1C. The second kappa shape index (κ2) is 8.96. The van der Waals surface area contributed by atoms with Crippen LogP contribution in [-0.4, -0.2) is 51.1 Å². The van der Waals surface area contributed by atoms with Gasteiger partial charge in [-0.05, 0) is 26.0 Å². The first kappa shape index (κ1) is 22.6. The number of aromatic nitrogens is 1. The summed E-state index contributed by atoms with van der Waals surface area (Å²) < 4.78 is 6.92. The fraction of sp³-hybridized carbons (Fsp3) is 0.273. The van der Waals surface area contributed by atoms with Crippen molar-refractivity contribution in [3.05, 3.63) is 75.1 Å². The molecule has 1 aliphatic heterocycles. The largest absolute Gasteiger partial charge is 0.457 e. The van der Waals surface area contributed by atoms with Crippen LogP contribution in [0.1, 0.15) is 48.9 Å². The summed E-state index contributed by atoms with van der Waals surface area (Å²) in [6, 6.07) is 5.49. The number of nitro benzene ring substituents is 1. The molecule has 0 unspecified atom stereocenters. The van der Waals surface area contributed by atoms with Crippen molar-refractivity contribution in [2.24, 2.45) is 0 Å². The van der Waals surface area contributed by atoms with E-state index in [9.17, 15) is 29.3 Å². The van der Waals surface area contributed by atoms with Gasteiger partial charge in [0, 0.05) is 36.1 Å². The zero-order valence-electron chi connectivity index (χ0n) is 17.6. The number of rotatable bonds is 9. The molecule has 0 bridgehead atoms. The van der Waals surface area contributed by atoms with E-state index in [1.54, 1.807) is 19.1 Å². The quantitative estimate of drug-likeness (QED) is 0.147. The highest BCUT2D eigenvalue weighted by molar-refractivity contribution is 6.23. The molecule has 2 amide bonds. The number of nitrogens with zero attached hydrogens (tertiary/aromatic N) is 3. The third-order valence-electron chi connectivity index (χ3n) is 5.26. The molecular formula is C22H21N3O7. The normalized spacial score (nSPS) is 12.6. The minimum atomic E-state index is -0.837. The van der Waals surface area contributed by atoms with Crippen LogP contribution in [0.2, 0.25) is 0 Å². The number of esters is 1. The average molecular weight is 439 g/mol. The van der Waals surface area contributed by atoms with Gasteiger partial charge < -0.3 is 9.30 Å². The second-order valence-electron chi connectivity index (χ2n) is 7.24. The maximum Gasteiger partial charge on any atom is 0.308 e. The molecule has 10 heteroatoms. The number of hydrogen-bond acceptors (Lipinski definition) is 7. The highest BCUT2D eigenvalue weighted by Gasteiger charge is 2.40. The number of carbonyl (C=O) groups is 4. The van der Waals surface area contributed by atoms with Crippen molar-refractivity contribution >= 4 is 29.3 Å². The number of amides is 2. The van der Waals surface area contributed by atoms with E-state index in [2.05, 4.69) is 6.58 Å². The van der Waals surface area contributed by atoms with Gasteiger partial charge in [0.25, 0.3) is 17.5 Å². The smallest absolute Gasteiger partial charge is 0.308 e. The maximum absolute atomic E-state index is 12.5. The summed E-state index contributed by atoms with van der Waals surface area (Å²) >= 11 is 0. The van der Waals surface area contributed by atoms with Crippen LogP contribution in [0.25, 0.3) is 0 Å². The van der Waals surface area contributed by atoms with E-state index in [-0.39, 0.29) is 29.9 Å². The van der Waals surface area contributed by atoms with Crippen LogP contribution >= 0.6 is 0 Å². The van der Waals surface area contributed by atoms with Crippen molar-refractivity contribution in [2.45, 2.75) is 26.8 Å². The summed E-state index contributed by atoms with van der Waals surface area (Å²) in [6.07, 6.45) is 1.37. The van der Waals surface area contributed by atoms with Crippen LogP contribution in [0.15, 0.2) is 36.9 Å². The summed E-state index contributed by atoms with van der Waals surface area (Å²) in [5.74, 6) is -2.70. The van der Waals surface area contributed by atoms with Gasteiger partial charge in [0.1, 0.15) is 5.56 Å². The molecule has 0 saturated heterocycles. The fourth-order valence-electron chi connectivity index (χ4n) is 3.66. The highest BCUT2D eigenvalue weighted by Crippen LogP contribution is 2.30. The molecule has 0 saturated carbocycles. The third kappa shape index (κ3) is 4.07. The van der Waals surface area contributed by atoms with Crippen molar-refractivity contribution in [2.75, 3.05) is 13.2 Å². The molecule has 3 rings (SSSR count). The van der Waals surface area contributed by atoms with Crippen molar-refractivity contribution in [3.8, 4) is 0 Å². The second-order valence-corrected chi connectivity index (χ2v) is 7.24. The predicted molar refractivity (Wildman–Crippen MR) is 112 cm³/mol. The first-order chi connectivity index (χ1) is 15.2. The van der Waals surface area contributed by atoms with Gasteiger partial charge in [-0.3, -0.25) is 34.2 Å². The Morgan fingerprint density at radius 2 is 1.94 bits per heavy atom. The number of fused-ring (bicyclic) bond motifs is 1. The molecule has 32 heavy (non-hydrogen) atoms. The van der Waals surface area contributed by atoms with Crippen LogP contribution in [0.5, 0.6) is 0 Å². The number of ketones is 1. The fourth-order valence-corrected chi connectivity index (χ4v) is 3.66. The number of Topliss-reactive ketones (excluding diaryl/α,β-unsaturated/α-hetero) is 1. The lowest BCUT2D eigenvalue weighted by Gasteiger charge is -2.13. The van der Waals surface area contributed by atoms with Gasteiger partial charge in [-0.2, -0.15) is 0 Å². The lowest BCUT2D eigenvalue weighted by Crippen LogP contribution is -2.32. The zero-order chi connectivity index (χ0) is 23.6. The molecule has 2 aromatic rings. The van der Waals surface area contributed by atoms with Gasteiger partial charge in [-0.25, -0.2) is 0 Å². The molecular weight excluding hydrogens is 418 g/mol. The van der Waals surface area contributed by atoms with Gasteiger partial charge in [0.05, 0.1) is 16.9 Å². The van der Waals surface area contributed by atoms with Crippen molar-refractivity contribution in [3.63, 3.8) is 0 Å². The van der Waals surface area contributed by atoms with Crippen LogP contribution in [0.4, 0.5) is 5.69 Å². The molecule has 1 aromatic heterocycles. The number of nitro groups is 1. The monoisotopic (exact) mass is 439 g/mol. The number of hydrogen-bond donors (Lipinski definition) is 0. The van der Waals surface area contributed by atoms with E-state index in [1.807, 2.05) is 11.5 Å². The van der Waals surface area contributed by atoms with Gasteiger partial charge in [0.2, 0.25) is 5.78 Å². The summed E-state index contributed by atoms with van der Waals surface area (Å²) in [7, 11) is 0. The van der Waals surface area contributed by atoms with E-state index in [0.29, 0.717) is 12.1 Å².